The predicted molar refractivity (Wildman–Crippen MR) is 102 cm³/mol. The highest BCUT2D eigenvalue weighted by Gasteiger charge is 2.32. The summed E-state index contributed by atoms with van der Waals surface area (Å²) in [4.78, 5) is 19.5. The Kier molecular flexibility index (Phi) is 5.18. The molecule has 3 nitrogen and oxygen atoms in total. The summed E-state index contributed by atoms with van der Waals surface area (Å²) in [5, 5.41) is 1.26. The SMILES string of the molecule is C=CCN1C(=O)/C(=C\c2ccccc2Cl)SC1=Nc1ccccc1. The molecule has 0 spiro atoms. The van der Waals surface area contributed by atoms with Gasteiger partial charge < -0.3 is 0 Å². The summed E-state index contributed by atoms with van der Waals surface area (Å²) in [5.41, 5.74) is 1.62. The Morgan fingerprint density at radius 1 is 1.12 bits per heavy atom. The largest absolute Gasteiger partial charge is 0.283 e. The Labute approximate surface area is 150 Å². The van der Waals surface area contributed by atoms with Gasteiger partial charge in [-0.25, -0.2) is 4.99 Å². The Morgan fingerprint density at radius 3 is 2.54 bits per heavy atom. The molecule has 0 atom stereocenters. The molecular formula is C19H15ClN2OS. The van der Waals surface area contributed by atoms with Crippen LogP contribution in [0.15, 0.2) is 77.1 Å². The van der Waals surface area contributed by atoms with Crippen LogP contribution in [0.3, 0.4) is 0 Å². The molecule has 5 heteroatoms. The van der Waals surface area contributed by atoms with Gasteiger partial charge in [0.05, 0.1) is 10.6 Å². The van der Waals surface area contributed by atoms with Gasteiger partial charge in [-0.2, -0.15) is 0 Å². The number of para-hydroxylation sites is 1. The third-order valence-electron chi connectivity index (χ3n) is 3.37. The molecule has 120 valence electrons. The second-order valence-corrected chi connectivity index (χ2v) is 6.48. The van der Waals surface area contributed by atoms with Gasteiger partial charge >= 0.3 is 0 Å². The molecule has 0 N–H and O–H groups in total. The number of thioether (sulfide) groups is 1. The lowest BCUT2D eigenvalue weighted by Crippen LogP contribution is -2.29. The number of benzene rings is 2. The second-order valence-electron chi connectivity index (χ2n) is 5.07. The molecule has 1 saturated heterocycles. The van der Waals surface area contributed by atoms with Crippen molar-refractivity contribution in [3.63, 3.8) is 0 Å². The summed E-state index contributed by atoms with van der Waals surface area (Å²) in [6.45, 7) is 4.14. The minimum atomic E-state index is -0.0884. The first-order chi connectivity index (χ1) is 11.7. The van der Waals surface area contributed by atoms with Crippen molar-refractivity contribution in [3.05, 3.63) is 82.7 Å². The minimum absolute atomic E-state index is 0.0884. The molecule has 0 aliphatic carbocycles. The summed E-state index contributed by atoms with van der Waals surface area (Å²) in [5.74, 6) is -0.0884. The molecule has 0 saturated carbocycles. The molecule has 1 heterocycles. The van der Waals surface area contributed by atoms with Crippen LogP contribution in [0.2, 0.25) is 5.02 Å². The lowest BCUT2D eigenvalue weighted by molar-refractivity contribution is -0.121. The van der Waals surface area contributed by atoms with Gasteiger partial charge in [0, 0.05) is 11.6 Å². The highest BCUT2D eigenvalue weighted by molar-refractivity contribution is 8.18. The van der Waals surface area contributed by atoms with Crippen LogP contribution in [0.1, 0.15) is 5.56 Å². The maximum atomic E-state index is 12.7. The van der Waals surface area contributed by atoms with E-state index in [2.05, 4.69) is 11.6 Å². The van der Waals surface area contributed by atoms with Crippen molar-refractivity contribution in [2.45, 2.75) is 0 Å². The van der Waals surface area contributed by atoms with E-state index >= 15 is 0 Å². The summed E-state index contributed by atoms with van der Waals surface area (Å²) in [6.07, 6.45) is 3.50. The molecule has 3 rings (SSSR count). The zero-order valence-electron chi connectivity index (χ0n) is 12.9. The average molecular weight is 355 g/mol. The minimum Gasteiger partial charge on any atom is -0.283 e. The first-order valence-corrected chi connectivity index (χ1v) is 8.59. The van der Waals surface area contributed by atoms with Crippen LogP contribution in [0.4, 0.5) is 5.69 Å². The van der Waals surface area contributed by atoms with Crippen molar-refractivity contribution < 1.29 is 4.79 Å². The first kappa shape index (κ1) is 16.6. The van der Waals surface area contributed by atoms with Crippen molar-refractivity contribution in [1.29, 1.82) is 0 Å². The van der Waals surface area contributed by atoms with Crippen molar-refractivity contribution >= 4 is 46.2 Å². The molecule has 0 radical (unpaired) electrons. The Hall–Kier alpha value is -2.30. The van der Waals surface area contributed by atoms with Crippen LogP contribution in [0.25, 0.3) is 6.08 Å². The maximum absolute atomic E-state index is 12.7. The lowest BCUT2D eigenvalue weighted by Gasteiger charge is -2.12. The normalized spacial score (nSPS) is 17.7. The zero-order chi connectivity index (χ0) is 16.9. The zero-order valence-corrected chi connectivity index (χ0v) is 14.4. The van der Waals surface area contributed by atoms with Crippen molar-refractivity contribution in [3.8, 4) is 0 Å². The molecule has 0 aromatic heterocycles. The molecule has 24 heavy (non-hydrogen) atoms. The van der Waals surface area contributed by atoms with E-state index in [4.69, 9.17) is 11.6 Å². The summed E-state index contributed by atoms with van der Waals surface area (Å²) >= 11 is 7.54. The standard InChI is InChI=1S/C19H15ClN2OS/c1-2-12-22-18(23)17(13-14-8-6-7-11-16(14)20)24-19(22)21-15-9-4-3-5-10-15/h2-11,13H,1,12H2/b17-13+,21-19?. The van der Waals surface area contributed by atoms with E-state index in [9.17, 15) is 4.79 Å². The molecule has 0 bridgehead atoms. The summed E-state index contributed by atoms with van der Waals surface area (Å²) < 4.78 is 0. The molecule has 1 aliphatic rings. The van der Waals surface area contributed by atoms with Gasteiger partial charge in [-0.15, -0.1) is 6.58 Å². The fourth-order valence-corrected chi connectivity index (χ4v) is 3.42. The van der Waals surface area contributed by atoms with Crippen molar-refractivity contribution in [1.82, 2.24) is 4.90 Å². The van der Waals surface area contributed by atoms with Crippen LogP contribution in [-0.4, -0.2) is 22.5 Å². The van der Waals surface area contributed by atoms with Gasteiger partial charge in [-0.05, 0) is 41.6 Å². The Balaban J connectivity index is 1.97. The number of carbonyl (C=O) groups is 1. The van der Waals surface area contributed by atoms with Gasteiger partial charge in [0.2, 0.25) is 0 Å². The van der Waals surface area contributed by atoms with Gasteiger partial charge in [0.15, 0.2) is 5.17 Å². The highest BCUT2D eigenvalue weighted by Crippen LogP contribution is 2.34. The fraction of sp³-hybridized carbons (Fsp3) is 0.0526. The van der Waals surface area contributed by atoms with Gasteiger partial charge in [0.1, 0.15) is 0 Å². The monoisotopic (exact) mass is 354 g/mol. The number of aliphatic imine (C=N–C) groups is 1. The number of amides is 1. The second kappa shape index (κ2) is 7.51. The molecule has 1 amide bonds. The van der Waals surface area contributed by atoms with Crippen molar-refractivity contribution in [2.24, 2.45) is 4.99 Å². The number of halogens is 1. The third kappa shape index (κ3) is 3.61. The molecule has 1 aliphatic heterocycles. The Bertz CT molecular complexity index is 830. The van der Waals surface area contributed by atoms with Gasteiger partial charge in [-0.3, -0.25) is 9.69 Å². The van der Waals surface area contributed by atoms with E-state index in [1.54, 1.807) is 23.1 Å². The van der Waals surface area contributed by atoms with E-state index < -0.39 is 0 Å². The van der Waals surface area contributed by atoms with Crippen molar-refractivity contribution in [2.75, 3.05) is 6.54 Å². The van der Waals surface area contributed by atoms with Crippen LogP contribution < -0.4 is 0 Å². The number of nitrogens with zero attached hydrogens (tertiary/aromatic N) is 2. The average Bonchev–Trinajstić information content (AvgIpc) is 2.87. The van der Waals surface area contributed by atoms with Gasteiger partial charge in [-0.1, -0.05) is 54.1 Å². The van der Waals surface area contributed by atoms with Crippen LogP contribution in [0.5, 0.6) is 0 Å². The first-order valence-electron chi connectivity index (χ1n) is 7.39. The molecule has 1 fully saturated rings. The van der Waals surface area contributed by atoms with E-state index in [0.717, 1.165) is 11.3 Å². The fourth-order valence-electron chi connectivity index (χ4n) is 2.23. The summed E-state index contributed by atoms with van der Waals surface area (Å²) in [7, 11) is 0. The van der Waals surface area contributed by atoms with E-state index in [1.807, 2.05) is 48.5 Å². The van der Waals surface area contributed by atoms with Gasteiger partial charge in [0.25, 0.3) is 5.91 Å². The molecule has 0 unspecified atom stereocenters. The van der Waals surface area contributed by atoms with Crippen LogP contribution in [0, 0.1) is 0 Å². The Morgan fingerprint density at radius 2 is 1.83 bits per heavy atom. The van der Waals surface area contributed by atoms with Crippen LogP contribution >= 0.6 is 23.4 Å². The highest BCUT2D eigenvalue weighted by atomic mass is 35.5. The third-order valence-corrected chi connectivity index (χ3v) is 4.72. The summed E-state index contributed by atoms with van der Waals surface area (Å²) in [6, 6.07) is 17.0. The number of carbonyl (C=O) groups excluding carboxylic acids is 1. The maximum Gasteiger partial charge on any atom is 0.267 e. The van der Waals surface area contributed by atoms with E-state index in [0.29, 0.717) is 21.6 Å². The van der Waals surface area contributed by atoms with E-state index in [1.165, 1.54) is 11.8 Å². The quantitative estimate of drug-likeness (QED) is 0.563. The molecule has 2 aromatic rings. The smallest absolute Gasteiger partial charge is 0.267 e. The molecule has 2 aromatic carbocycles. The van der Waals surface area contributed by atoms with E-state index in [-0.39, 0.29) is 5.91 Å². The lowest BCUT2D eigenvalue weighted by atomic mass is 10.2. The number of hydrogen-bond acceptors (Lipinski definition) is 3. The number of amidine groups is 1. The topological polar surface area (TPSA) is 32.7 Å². The number of hydrogen-bond donors (Lipinski definition) is 0. The van der Waals surface area contributed by atoms with Crippen LogP contribution in [-0.2, 0) is 4.79 Å². The molecular weight excluding hydrogens is 340 g/mol. The number of rotatable bonds is 4. The predicted octanol–water partition coefficient (Wildman–Crippen LogP) is 5.13.